The molecule has 7 heteroatoms. The highest BCUT2D eigenvalue weighted by Crippen LogP contribution is 2.34. The monoisotopic (exact) mass is 386 g/mol. The van der Waals surface area contributed by atoms with E-state index in [1.807, 2.05) is 29.7 Å². The number of fused-ring (bicyclic) bond motifs is 1. The quantitative estimate of drug-likeness (QED) is 0.536. The lowest BCUT2D eigenvalue weighted by Crippen LogP contribution is -2.41. The molecule has 4 rings (SSSR count). The van der Waals surface area contributed by atoms with Crippen LogP contribution in [0.15, 0.2) is 35.4 Å². The van der Waals surface area contributed by atoms with Crippen molar-refractivity contribution < 1.29 is 9.13 Å². The number of aromatic nitrogens is 2. The van der Waals surface area contributed by atoms with Crippen molar-refractivity contribution in [1.82, 2.24) is 14.3 Å². The molecule has 1 aromatic carbocycles. The van der Waals surface area contributed by atoms with Crippen molar-refractivity contribution in [3.8, 4) is 11.3 Å². The molecule has 3 heterocycles. The molecule has 1 saturated heterocycles. The zero-order valence-electron chi connectivity index (χ0n) is 15.4. The summed E-state index contributed by atoms with van der Waals surface area (Å²) in [4.78, 5) is 7.46. The van der Waals surface area contributed by atoms with Gasteiger partial charge in [0.2, 0.25) is 0 Å². The number of morpholine rings is 1. The first-order valence-electron chi connectivity index (χ1n) is 8.98. The first-order valence-corrected chi connectivity index (χ1v) is 9.43. The van der Waals surface area contributed by atoms with E-state index in [4.69, 9.17) is 15.5 Å². The number of hydrogen-bond acceptors (Lipinski definition) is 5. The van der Waals surface area contributed by atoms with Gasteiger partial charge in [-0.05, 0) is 43.8 Å². The van der Waals surface area contributed by atoms with Gasteiger partial charge in [0.05, 0.1) is 29.7 Å². The van der Waals surface area contributed by atoms with E-state index in [9.17, 15) is 4.39 Å². The predicted octanol–water partition coefficient (Wildman–Crippen LogP) is 3.19. The van der Waals surface area contributed by atoms with Crippen LogP contribution in [0.3, 0.4) is 0 Å². The summed E-state index contributed by atoms with van der Waals surface area (Å²) in [5.41, 5.74) is 10.2. The third-order valence-corrected chi connectivity index (χ3v) is 5.24. The van der Waals surface area contributed by atoms with E-state index in [1.165, 1.54) is 6.07 Å². The SMILES string of the molecule is Cc1ccn2c(CC3CN(C)CCO3)c(-c3c(N)cc(S)cc3F)nc2c1. The van der Waals surface area contributed by atoms with Gasteiger partial charge in [0.15, 0.2) is 0 Å². The average Bonchev–Trinajstić information content (AvgIpc) is 2.91. The van der Waals surface area contributed by atoms with Crippen LogP contribution < -0.4 is 5.73 Å². The summed E-state index contributed by atoms with van der Waals surface area (Å²) in [5, 5.41) is 0. The van der Waals surface area contributed by atoms with Gasteiger partial charge < -0.3 is 19.8 Å². The maximum atomic E-state index is 14.8. The number of likely N-dealkylation sites (N-methyl/N-ethyl adjacent to an activating group) is 1. The highest BCUT2D eigenvalue weighted by molar-refractivity contribution is 7.80. The number of imidazole rings is 1. The molecule has 5 nitrogen and oxygen atoms in total. The molecule has 142 valence electrons. The molecule has 27 heavy (non-hydrogen) atoms. The molecule has 0 saturated carbocycles. The Morgan fingerprint density at radius 1 is 1.37 bits per heavy atom. The first kappa shape index (κ1) is 18.3. The van der Waals surface area contributed by atoms with Gasteiger partial charge in [-0.25, -0.2) is 9.37 Å². The van der Waals surface area contributed by atoms with Crippen LogP contribution in [0.5, 0.6) is 0 Å². The molecule has 0 aliphatic carbocycles. The first-order chi connectivity index (χ1) is 12.9. The minimum atomic E-state index is -0.414. The molecule has 3 aromatic rings. The van der Waals surface area contributed by atoms with Gasteiger partial charge in [-0.2, -0.15) is 0 Å². The zero-order valence-corrected chi connectivity index (χ0v) is 16.3. The van der Waals surface area contributed by atoms with Crippen molar-refractivity contribution in [1.29, 1.82) is 0 Å². The molecule has 2 N–H and O–H groups in total. The summed E-state index contributed by atoms with van der Waals surface area (Å²) >= 11 is 4.22. The second kappa shape index (κ2) is 7.14. The maximum Gasteiger partial charge on any atom is 0.137 e. The number of thiol groups is 1. The van der Waals surface area contributed by atoms with E-state index in [2.05, 4.69) is 24.6 Å². The van der Waals surface area contributed by atoms with Crippen molar-refractivity contribution >= 4 is 24.0 Å². The van der Waals surface area contributed by atoms with E-state index in [-0.39, 0.29) is 6.10 Å². The molecular weight excluding hydrogens is 363 g/mol. The van der Waals surface area contributed by atoms with Crippen LogP contribution in [0.2, 0.25) is 0 Å². The number of benzene rings is 1. The number of ether oxygens (including phenoxy) is 1. The molecule has 1 aliphatic rings. The number of aryl methyl sites for hydroxylation is 1. The van der Waals surface area contributed by atoms with Crippen LogP contribution in [-0.2, 0) is 11.2 Å². The van der Waals surface area contributed by atoms with Gasteiger partial charge in [0.25, 0.3) is 0 Å². The lowest BCUT2D eigenvalue weighted by Gasteiger charge is -2.30. The van der Waals surface area contributed by atoms with Crippen molar-refractivity contribution in [2.45, 2.75) is 24.3 Å². The molecule has 1 fully saturated rings. The third-order valence-electron chi connectivity index (χ3n) is 4.99. The Bertz CT molecular complexity index is 980. The molecule has 1 unspecified atom stereocenters. The van der Waals surface area contributed by atoms with Gasteiger partial charge in [-0.1, -0.05) is 0 Å². The van der Waals surface area contributed by atoms with Gasteiger partial charge in [-0.3, -0.25) is 0 Å². The van der Waals surface area contributed by atoms with Gasteiger partial charge >= 0.3 is 0 Å². The number of rotatable bonds is 3. The van der Waals surface area contributed by atoms with E-state index in [0.29, 0.717) is 34.9 Å². The standard InChI is InChI=1S/C20H23FN4OS/c1-12-3-4-25-17(8-13-11-24(2)5-6-26-13)20(23-18(25)7-12)19-15(21)9-14(27)10-16(19)22/h3-4,7,9-10,13,27H,5-6,8,11,22H2,1-2H3. The number of nitrogens with two attached hydrogens (primary N) is 1. The Morgan fingerprint density at radius 2 is 2.19 bits per heavy atom. The van der Waals surface area contributed by atoms with E-state index in [0.717, 1.165) is 30.0 Å². The van der Waals surface area contributed by atoms with Crippen molar-refractivity contribution in [2.24, 2.45) is 0 Å². The fourth-order valence-electron chi connectivity index (χ4n) is 3.66. The fraction of sp³-hybridized carbons (Fsp3) is 0.350. The Labute approximate surface area is 163 Å². The summed E-state index contributed by atoms with van der Waals surface area (Å²) in [6.45, 7) is 4.45. The Hall–Kier alpha value is -2.09. The molecule has 1 atom stereocenters. The van der Waals surface area contributed by atoms with Gasteiger partial charge in [0.1, 0.15) is 11.5 Å². The van der Waals surface area contributed by atoms with Crippen molar-refractivity contribution in [3.05, 3.63) is 47.5 Å². The molecule has 0 spiro atoms. The highest BCUT2D eigenvalue weighted by atomic mass is 32.1. The smallest absolute Gasteiger partial charge is 0.137 e. The fourth-order valence-corrected chi connectivity index (χ4v) is 3.91. The lowest BCUT2D eigenvalue weighted by atomic mass is 10.0. The predicted molar refractivity (Wildman–Crippen MR) is 108 cm³/mol. The lowest BCUT2D eigenvalue weighted by molar-refractivity contribution is -0.0190. The second-order valence-corrected chi connectivity index (χ2v) is 7.71. The minimum Gasteiger partial charge on any atom is -0.398 e. The summed E-state index contributed by atoms with van der Waals surface area (Å²) < 4.78 is 22.8. The van der Waals surface area contributed by atoms with Crippen LogP contribution in [0.1, 0.15) is 11.3 Å². The Balaban J connectivity index is 1.87. The number of hydrogen-bond donors (Lipinski definition) is 2. The maximum absolute atomic E-state index is 14.8. The number of nitrogen functional groups attached to an aromatic ring is 1. The summed E-state index contributed by atoms with van der Waals surface area (Å²) in [6, 6.07) is 7.04. The minimum absolute atomic E-state index is 0.0251. The number of halogens is 1. The zero-order chi connectivity index (χ0) is 19.1. The van der Waals surface area contributed by atoms with Gasteiger partial charge in [0, 0.05) is 36.3 Å². The average molecular weight is 386 g/mol. The van der Waals surface area contributed by atoms with Gasteiger partial charge in [-0.15, -0.1) is 12.6 Å². The van der Waals surface area contributed by atoms with Crippen LogP contribution in [-0.4, -0.2) is 47.1 Å². The molecule has 0 bridgehead atoms. The molecule has 0 radical (unpaired) electrons. The van der Waals surface area contributed by atoms with Crippen LogP contribution in [0.4, 0.5) is 10.1 Å². The Kier molecular flexibility index (Phi) is 4.84. The number of anilines is 1. The van der Waals surface area contributed by atoms with Crippen molar-refractivity contribution in [2.75, 3.05) is 32.5 Å². The summed E-state index contributed by atoms with van der Waals surface area (Å²) in [5.74, 6) is -0.414. The second-order valence-electron chi connectivity index (χ2n) is 7.19. The number of nitrogens with zero attached hydrogens (tertiary/aromatic N) is 3. The highest BCUT2D eigenvalue weighted by Gasteiger charge is 2.25. The van der Waals surface area contributed by atoms with E-state index >= 15 is 0 Å². The molecule has 1 aliphatic heterocycles. The number of pyridine rings is 1. The van der Waals surface area contributed by atoms with Crippen LogP contribution in [0, 0.1) is 12.7 Å². The van der Waals surface area contributed by atoms with Crippen LogP contribution >= 0.6 is 12.6 Å². The summed E-state index contributed by atoms with van der Waals surface area (Å²) in [6.07, 6.45) is 2.63. The molecule has 0 amide bonds. The topological polar surface area (TPSA) is 55.8 Å². The molecule has 2 aromatic heterocycles. The van der Waals surface area contributed by atoms with E-state index in [1.54, 1.807) is 6.07 Å². The van der Waals surface area contributed by atoms with Crippen LogP contribution in [0.25, 0.3) is 16.9 Å². The summed E-state index contributed by atoms with van der Waals surface area (Å²) in [7, 11) is 2.08. The largest absolute Gasteiger partial charge is 0.398 e. The third kappa shape index (κ3) is 3.54. The molecular formula is C20H23FN4OS. The van der Waals surface area contributed by atoms with E-state index < -0.39 is 5.82 Å². The normalized spacial score (nSPS) is 18.3. The Morgan fingerprint density at radius 3 is 2.93 bits per heavy atom. The van der Waals surface area contributed by atoms with Crippen molar-refractivity contribution in [3.63, 3.8) is 0 Å².